The Labute approximate surface area is 74.5 Å². The highest BCUT2D eigenvalue weighted by atomic mass is 16.3. The first-order chi connectivity index (χ1) is 5.52. The van der Waals surface area contributed by atoms with E-state index in [0.29, 0.717) is 12.0 Å². The molecule has 3 heteroatoms. The number of rotatable bonds is 1. The van der Waals surface area contributed by atoms with E-state index in [1.165, 1.54) is 0 Å². The summed E-state index contributed by atoms with van der Waals surface area (Å²) in [4.78, 5) is 2.32. The molecule has 0 bridgehead atoms. The van der Waals surface area contributed by atoms with Crippen molar-refractivity contribution in [2.75, 3.05) is 13.1 Å². The Hall–Kier alpha value is -0.120. The molecule has 1 saturated heterocycles. The van der Waals surface area contributed by atoms with E-state index < -0.39 is 0 Å². The second-order valence-corrected chi connectivity index (χ2v) is 4.18. The predicted molar refractivity (Wildman–Crippen MR) is 49.9 cm³/mol. The smallest absolute Gasteiger partial charge is 0.0741 e. The van der Waals surface area contributed by atoms with E-state index in [1.807, 2.05) is 0 Å². The molecule has 1 heterocycles. The van der Waals surface area contributed by atoms with Gasteiger partial charge >= 0.3 is 0 Å². The van der Waals surface area contributed by atoms with Crippen LogP contribution in [0, 0.1) is 5.92 Å². The largest absolute Gasteiger partial charge is 0.391 e. The fourth-order valence-corrected chi connectivity index (χ4v) is 1.77. The van der Waals surface area contributed by atoms with Crippen LogP contribution in [0.3, 0.4) is 0 Å². The van der Waals surface area contributed by atoms with Crippen molar-refractivity contribution in [3.63, 3.8) is 0 Å². The predicted octanol–water partition coefficient (Wildman–Crippen LogP) is 0.0347. The number of hydrogen-bond donors (Lipinski definition) is 2. The van der Waals surface area contributed by atoms with Gasteiger partial charge in [0.1, 0.15) is 0 Å². The molecule has 12 heavy (non-hydrogen) atoms. The van der Waals surface area contributed by atoms with E-state index in [0.717, 1.165) is 13.1 Å². The first kappa shape index (κ1) is 9.96. The molecule has 0 aliphatic carbocycles. The van der Waals surface area contributed by atoms with Gasteiger partial charge in [-0.25, -0.2) is 0 Å². The maximum absolute atomic E-state index is 9.59. The Bertz CT molecular complexity index is 137. The lowest BCUT2D eigenvalue weighted by atomic mass is 9.92. The maximum Gasteiger partial charge on any atom is 0.0741 e. The number of hydrogen-bond acceptors (Lipinski definition) is 3. The molecule has 3 N–H and O–H groups in total. The number of nitrogens with zero attached hydrogens (tertiary/aromatic N) is 1. The lowest BCUT2D eigenvalue weighted by Crippen LogP contribution is -2.57. The van der Waals surface area contributed by atoms with E-state index in [2.05, 4.69) is 25.7 Å². The minimum Gasteiger partial charge on any atom is -0.391 e. The molecule has 0 aromatic heterocycles. The summed E-state index contributed by atoms with van der Waals surface area (Å²) in [6, 6.07) is 0.460. The summed E-state index contributed by atoms with van der Waals surface area (Å²) in [6.45, 7) is 8.17. The molecule has 3 nitrogen and oxygen atoms in total. The minimum atomic E-state index is -0.319. The number of aliphatic hydroxyl groups is 1. The van der Waals surface area contributed by atoms with Crippen LogP contribution >= 0.6 is 0 Å². The summed E-state index contributed by atoms with van der Waals surface area (Å²) < 4.78 is 0. The fourth-order valence-electron chi connectivity index (χ4n) is 1.77. The second-order valence-electron chi connectivity index (χ2n) is 4.18. The number of aliphatic hydroxyl groups excluding tert-OH is 1. The highest BCUT2D eigenvalue weighted by Crippen LogP contribution is 2.17. The molecule has 0 aromatic rings. The molecule has 1 aliphatic heterocycles. The molecule has 0 radical (unpaired) electrons. The zero-order chi connectivity index (χ0) is 9.30. The van der Waals surface area contributed by atoms with Gasteiger partial charge in [0.15, 0.2) is 0 Å². The summed E-state index contributed by atoms with van der Waals surface area (Å²) in [7, 11) is 0. The van der Waals surface area contributed by atoms with E-state index in [9.17, 15) is 5.11 Å². The third-order valence-electron chi connectivity index (χ3n) is 2.72. The molecule has 0 aromatic carbocycles. The van der Waals surface area contributed by atoms with Gasteiger partial charge in [0.2, 0.25) is 0 Å². The van der Waals surface area contributed by atoms with E-state index >= 15 is 0 Å². The van der Waals surface area contributed by atoms with Crippen LogP contribution < -0.4 is 5.73 Å². The van der Waals surface area contributed by atoms with Gasteiger partial charge in [0.05, 0.1) is 6.10 Å². The summed E-state index contributed by atoms with van der Waals surface area (Å²) in [5.41, 5.74) is 5.81. The van der Waals surface area contributed by atoms with Gasteiger partial charge in [-0.2, -0.15) is 0 Å². The molecule has 0 spiro atoms. The molecule has 0 amide bonds. The Balaban J connectivity index is 2.53. The third kappa shape index (κ3) is 1.97. The van der Waals surface area contributed by atoms with Crippen LogP contribution in [0.2, 0.25) is 0 Å². The Morgan fingerprint density at radius 3 is 2.42 bits per heavy atom. The third-order valence-corrected chi connectivity index (χ3v) is 2.72. The van der Waals surface area contributed by atoms with Crippen molar-refractivity contribution in [1.82, 2.24) is 4.90 Å². The maximum atomic E-state index is 9.59. The zero-order valence-corrected chi connectivity index (χ0v) is 8.20. The molecule has 1 aliphatic rings. The highest BCUT2D eigenvalue weighted by Gasteiger charge is 2.31. The summed E-state index contributed by atoms with van der Waals surface area (Å²) >= 11 is 0. The molecule has 1 fully saturated rings. The second kappa shape index (κ2) is 3.73. The van der Waals surface area contributed by atoms with Crippen LogP contribution in [0.15, 0.2) is 0 Å². The fraction of sp³-hybridized carbons (Fsp3) is 1.00. The molecule has 3 atom stereocenters. The molecule has 72 valence electrons. The van der Waals surface area contributed by atoms with Crippen molar-refractivity contribution >= 4 is 0 Å². The number of nitrogens with two attached hydrogens (primary N) is 1. The van der Waals surface area contributed by atoms with Crippen molar-refractivity contribution in [1.29, 1.82) is 0 Å². The van der Waals surface area contributed by atoms with Gasteiger partial charge < -0.3 is 10.8 Å². The first-order valence-corrected chi connectivity index (χ1v) is 4.70. The Morgan fingerprint density at radius 1 is 1.42 bits per heavy atom. The van der Waals surface area contributed by atoms with Crippen LogP contribution in [-0.2, 0) is 0 Å². The quantitative estimate of drug-likeness (QED) is 0.587. The molecule has 1 rings (SSSR count). The highest BCUT2D eigenvalue weighted by molar-refractivity contribution is 4.88. The van der Waals surface area contributed by atoms with Gasteiger partial charge in [0, 0.05) is 25.2 Å². The average Bonchev–Trinajstić information content (AvgIpc) is 1.99. The Morgan fingerprint density at radius 2 is 2.00 bits per heavy atom. The van der Waals surface area contributed by atoms with Crippen LogP contribution in [0.4, 0.5) is 0 Å². The van der Waals surface area contributed by atoms with E-state index in [1.54, 1.807) is 0 Å². The van der Waals surface area contributed by atoms with E-state index in [4.69, 9.17) is 5.73 Å². The topological polar surface area (TPSA) is 49.5 Å². The van der Waals surface area contributed by atoms with Crippen LogP contribution in [-0.4, -0.2) is 41.3 Å². The average molecular weight is 172 g/mol. The minimum absolute atomic E-state index is 0.0730. The summed E-state index contributed by atoms with van der Waals surface area (Å²) in [5, 5.41) is 9.59. The van der Waals surface area contributed by atoms with Crippen molar-refractivity contribution < 1.29 is 5.11 Å². The van der Waals surface area contributed by atoms with Crippen molar-refractivity contribution in [2.45, 2.75) is 39.0 Å². The first-order valence-electron chi connectivity index (χ1n) is 4.70. The molecule has 0 saturated carbocycles. The van der Waals surface area contributed by atoms with Gasteiger partial charge in [-0.15, -0.1) is 0 Å². The molecular weight excluding hydrogens is 152 g/mol. The van der Waals surface area contributed by atoms with Crippen molar-refractivity contribution in [2.24, 2.45) is 11.7 Å². The molecule has 3 unspecified atom stereocenters. The van der Waals surface area contributed by atoms with Crippen molar-refractivity contribution in [3.8, 4) is 0 Å². The van der Waals surface area contributed by atoms with Crippen LogP contribution in [0.1, 0.15) is 20.8 Å². The van der Waals surface area contributed by atoms with Gasteiger partial charge in [-0.3, -0.25) is 4.90 Å². The van der Waals surface area contributed by atoms with Gasteiger partial charge in [-0.05, 0) is 19.8 Å². The SMILES string of the molecule is CC1CN(C(C)C)CC(N)C1O. The summed E-state index contributed by atoms with van der Waals surface area (Å²) in [5.74, 6) is 0.302. The van der Waals surface area contributed by atoms with Crippen molar-refractivity contribution in [3.05, 3.63) is 0 Å². The zero-order valence-electron chi connectivity index (χ0n) is 8.20. The number of likely N-dealkylation sites (tertiary alicyclic amines) is 1. The lowest BCUT2D eigenvalue weighted by Gasteiger charge is -2.40. The van der Waals surface area contributed by atoms with E-state index in [-0.39, 0.29) is 12.1 Å². The monoisotopic (exact) mass is 172 g/mol. The molecular formula is C9H20N2O. The normalized spacial score (nSPS) is 39.0. The lowest BCUT2D eigenvalue weighted by molar-refractivity contribution is 0.00649. The van der Waals surface area contributed by atoms with Crippen LogP contribution in [0.5, 0.6) is 0 Å². The standard InChI is InChI=1S/C9H20N2O/c1-6(2)11-4-7(3)9(12)8(10)5-11/h6-9,12H,4-5,10H2,1-3H3. The van der Waals surface area contributed by atoms with Gasteiger partial charge in [0.25, 0.3) is 0 Å². The number of piperidine rings is 1. The Kier molecular flexibility index (Phi) is 3.09. The van der Waals surface area contributed by atoms with Gasteiger partial charge in [-0.1, -0.05) is 6.92 Å². The van der Waals surface area contributed by atoms with Crippen LogP contribution in [0.25, 0.3) is 0 Å². The summed E-state index contributed by atoms with van der Waals surface area (Å²) in [6.07, 6.45) is -0.319.